The number of hydrogen-bond acceptors (Lipinski definition) is 6. The van der Waals surface area contributed by atoms with Gasteiger partial charge >= 0.3 is 0 Å². The van der Waals surface area contributed by atoms with E-state index < -0.39 is 5.25 Å². The third-order valence-corrected chi connectivity index (χ3v) is 5.94. The molecule has 0 saturated carbocycles. The van der Waals surface area contributed by atoms with Crippen molar-refractivity contribution in [1.82, 2.24) is 9.55 Å². The van der Waals surface area contributed by atoms with Crippen LogP contribution in [0.5, 0.6) is 11.5 Å². The van der Waals surface area contributed by atoms with Crippen LogP contribution in [0.25, 0.3) is 10.9 Å². The van der Waals surface area contributed by atoms with Crippen LogP contribution in [0.3, 0.4) is 0 Å². The van der Waals surface area contributed by atoms with Gasteiger partial charge in [-0.05, 0) is 37.6 Å². The SMILES string of the molecule is CCCCn1c(SC(C)C(=O)Nc2ccc3c(c2)OCO3)nc2ccccc2c1=O. The summed E-state index contributed by atoms with van der Waals surface area (Å²) in [5, 5.41) is 3.60. The predicted octanol–water partition coefficient (Wildman–Crippen LogP) is 4.04. The third-order valence-electron chi connectivity index (χ3n) is 4.85. The summed E-state index contributed by atoms with van der Waals surface area (Å²) in [6, 6.07) is 12.6. The molecule has 1 aliphatic heterocycles. The van der Waals surface area contributed by atoms with Crippen molar-refractivity contribution in [2.24, 2.45) is 0 Å². The zero-order valence-electron chi connectivity index (χ0n) is 16.9. The number of fused-ring (bicyclic) bond motifs is 2. The molecule has 0 spiro atoms. The lowest BCUT2D eigenvalue weighted by molar-refractivity contribution is -0.115. The quantitative estimate of drug-likeness (QED) is 0.454. The zero-order valence-corrected chi connectivity index (χ0v) is 17.7. The standard InChI is InChI=1S/C22H23N3O4S/c1-3-4-11-25-21(27)16-7-5-6-8-17(16)24-22(25)30-14(2)20(26)23-15-9-10-18-19(12-15)29-13-28-18/h5-10,12,14H,3-4,11,13H2,1-2H3,(H,23,26). The van der Waals surface area contributed by atoms with Gasteiger partial charge in [-0.2, -0.15) is 0 Å². The van der Waals surface area contributed by atoms with E-state index in [1.807, 2.05) is 18.2 Å². The highest BCUT2D eigenvalue weighted by Gasteiger charge is 2.21. The highest BCUT2D eigenvalue weighted by Crippen LogP contribution is 2.34. The minimum atomic E-state index is -0.448. The molecule has 0 saturated heterocycles. The molecule has 1 aromatic heterocycles. The summed E-state index contributed by atoms with van der Waals surface area (Å²) in [5.74, 6) is 1.09. The number of unbranched alkanes of at least 4 members (excludes halogenated alkanes) is 1. The Balaban J connectivity index is 1.56. The molecular formula is C22H23N3O4S. The maximum absolute atomic E-state index is 13.0. The number of amides is 1. The summed E-state index contributed by atoms with van der Waals surface area (Å²) in [7, 11) is 0. The van der Waals surface area contributed by atoms with Gasteiger partial charge in [-0.15, -0.1) is 0 Å². The van der Waals surface area contributed by atoms with Crippen LogP contribution in [0, 0.1) is 0 Å². The molecule has 4 rings (SSSR count). The Labute approximate surface area is 178 Å². The highest BCUT2D eigenvalue weighted by molar-refractivity contribution is 8.00. The molecular weight excluding hydrogens is 402 g/mol. The molecule has 7 nitrogen and oxygen atoms in total. The van der Waals surface area contributed by atoms with Gasteiger partial charge in [-0.1, -0.05) is 37.2 Å². The molecule has 1 aliphatic rings. The number of hydrogen-bond donors (Lipinski definition) is 1. The fourth-order valence-corrected chi connectivity index (χ4v) is 4.12. The van der Waals surface area contributed by atoms with E-state index in [9.17, 15) is 9.59 Å². The summed E-state index contributed by atoms with van der Waals surface area (Å²) in [4.78, 5) is 30.4. The van der Waals surface area contributed by atoms with Crippen LogP contribution < -0.4 is 20.3 Å². The van der Waals surface area contributed by atoms with Crippen LogP contribution in [0.4, 0.5) is 5.69 Å². The average Bonchev–Trinajstić information content (AvgIpc) is 3.21. The van der Waals surface area contributed by atoms with Crippen molar-refractivity contribution in [1.29, 1.82) is 0 Å². The van der Waals surface area contributed by atoms with E-state index in [1.54, 1.807) is 35.8 Å². The van der Waals surface area contributed by atoms with Crippen molar-refractivity contribution < 1.29 is 14.3 Å². The van der Waals surface area contributed by atoms with Crippen molar-refractivity contribution in [3.05, 3.63) is 52.8 Å². The molecule has 2 heterocycles. The molecule has 0 fully saturated rings. The monoisotopic (exact) mass is 425 g/mol. The van der Waals surface area contributed by atoms with Gasteiger partial charge in [0, 0.05) is 18.3 Å². The second-order valence-electron chi connectivity index (χ2n) is 7.04. The Bertz CT molecular complexity index is 1140. The van der Waals surface area contributed by atoms with Gasteiger partial charge in [0.1, 0.15) is 0 Å². The number of ether oxygens (including phenoxy) is 2. The Morgan fingerprint density at radius 1 is 1.23 bits per heavy atom. The zero-order chi connectivity index (χ0) is 21.1. The number of carbonyl (C=O) groups is 1. The number of rotatable bonds is 7. The van der Waals surface area contributed by atoms with Gasteiger partial charge < -0.3 is 14.8 Å². The number of carbonyl (C=O) groups excluding carboxylic acids is 1. The van der Waals surface area contributed by atoms with Crippen LogP contribution in [0.15, 0.2) is 52.4 Å². The summed E-state index contributed by atoms with van der Waals surface area (Å²) in [6.45, 7) is 4.64. The topological polar surface area (TPSA) is 82.5 Å². The maximum atomic E-state index is 13.0. The van der Waals surface area contributed by atoms with Gasteiger partial charge in [0.05, 0.1) is 16.2 Å². The van der Waals surface area contributed by atoms with E-state index in [-0.39, 0.29) is 18.3 Å². The van der Waals surface area contributed by atoms with Crippen molar-refractivity contribution in [2.45, 2.75) is 43.6 Å². The van der Waals surface area contributed by atoms with Gasteiger partial charge in [0.2, 0.25) is 12.7 Å². The molecule has 1 N–H and O–H groups in total. The maximum Gasteiger partial charge on any atom is 0.262 e. The predicted molar refractivity (Wildman–Crippen MR) is 117 cm³/mol. The highest BCUT2D eigenvalue weighted by atomic mass is 32.2. The van der Waals surface area contributed by atoms with Crippen molar-refractivity contribution >= 4 is 34.3 Å². The van der Waals surface area contributed by atoms with Crippen LogP contribution in [-0.2, 0) is 11.3 Å². The largest absolute Gasteiger partial charge is 0.454 e. The first-order chi connectivity index (χ1) is 14.6. The molecule has 1 unspecified atom stereocenters. The molecule has 0 bridgehead atoms. The van der Waals surface area contributed by atoms with Crippen molar-refractivity contribution in [3.8, 4) is 11.5 Å². The molecule has 1 atom stereocenters. The second kappa shape index (κ2) is 8.79. The lowest BCUT2D eigenvalue weighted by atomic mass is 10.2. The Morgan fingerprint density at radius 2 is 2.03 bits per heavy atom. The van der Waals surface area contributed by atoms with Crippen molar-refractivity contribution in [2.75, 3.05) is 12.1 Å². The van der Waals surface area contributed by atoms with Gasteiger partial charge in [-0.25, -0.2) is 4.98 Å². The summed E-state index contributed by atoms with van der Waals surface area (Å²) >= 11 is 1.29. The lowest BCUT2D eigenvalue weighted by Crippen LogP contribution is -2.27. The van der Waals surface area contributed by atoms with Crippen LogP contribution in [-0.4, -0.2) is 27.5 Å². The van der Waals surface area contributed by atoms with E-state index >= 15 is 0 Å². The number of aromatic nitrogens is 2. The second-order valence-corrected chi connectivity index (χ2v) is 8.35. The van der Waals surface area contributed by atoms with E-state index in [0.29, 0.717) is 39.8 Å². The van der Waals surface area contributed by atoms with Crippen LogP contribution >= 0.6 is 11.8 Å². The molecule has 2 aromatic carbocycles. The Hall–Kier alpha value is -3.00. The first-order valence-corrected chi connectivity index (χ1v) is 10.8. The normalized spacial score (nSPS) is 13.4. The minimum Gasteiger partial charge on any atom is -0.454 e. The van der Waals surface area contributed by atoms with Crippen molar-refractivity contribution in [3.63, 3.8) is 0 Å². The lowest BCUT2D eigenvalue weighted by Gasteiger charge is -2.16. The number of nitrogens with one attached hydrogen (secondary N) is 1. The average molecular weight is 426 g/mol. The summed E-state index contributed by atoms with van der Waals surface area (Å²) in [5.41, 5.74) is 1.20. The molecule has 3 aromatic rings. The first kappa shape index (κ1) is 20.3. The van der Waals surface area contributed by atoms with E-state index in [2.05, 4.69) is 17.2 Å². The number of para-hydroxylation sites is 1. The molecule has 0 aliphatic carbocycles. The number of nitrogens with zero attached hydrogens (tertiary/aromatic N) is 2. The summed E-state index contributed by atoms with van der Waals surface area (Å²) < 4.78 is 12.3. The smallest absolute Gasteiger partial charge is 0.262 e. The molecule has 0 radical (unpaired) electrons. The summed E-state index contributed by atoms with van der Waals surface area (Å²) in [6.07, 6.45) is 1.83. The first-order valence-electron chi connectivity index (χ1n) is 9.93. The number of thioether (sulfide) groups is 1. The Morgan fingerprint density at radius 3 is 2.87 bits per heavy atom. The third kappa shape index (κ3) is 4.14. The molecule has 156 valence electrons. The van der Waals surface area contributed by atoms with E-state index in [0.717, 1.165) is 12.8 Å². The number of benzene rings is 2. The van der Waals surface area contributed by atoms with Gasteiger partial charge in [0.15, 0.2) is 16.7 Å². The fraction of sp³-hybridized carbons (Fsp3) is 0.318. The van der Waals surface area contributed by atoms with Crippen LogP contribution in [0.2, 0.25) is 0 Å². The molecule has 1 amide bonds. The Kier molecular flexibility index (Phi) is 5.94. The van der Waals surface area contributed by atoms with E-state index in [1.165, 1.54) is 11.8 Å². The fourth-order valence-electron chi connectivity index (χ4n) is 3.18. The van der Waals surface area contributed by atoms with E-state index in [4.69, 9.17) is 9.47 Å². The van der Waals surface area contributed by atoms with Crippen LogP contribution in [0.1, 0.15) is 26.7 Å². The van der Waals surface area contributed by atoms with Gasteiger partial charge in [-0.3, -0.25) is 14.2 Å². The minimum absolute atomic E-state index is 0.0695. The number of anilines is 1. The molecule has 8 heteroatoms. The molecule has 30 heavy (non-hydrogen) atoms. The van der Waals surface area contributed by atoms with Gasteiger partial charge in [0.25, 0.3) is 5.56 Å².